The summed E-state index contributed by atoms with van der Waals surface area (Å²) in [4.78, 5) is 0. The van der Waals surface area contributed by atoms with Crippen molar-refractivity contribution in [3.63, 3.8) is 0 Å². The molecule has 1 aromatic carbocycles. The molecule has 0 aliphatic heterocycles. The normalized spacial score (nSPS) is 9.50. The molecule has 0 bridgehead atoms. The lowest BCUT2D eigenvalue weighted by Crippen LogP contribution is -2.13. The van der Waals surface area contributed by atoms with Crippen molar-refractivity contribution in [1.29, 1.82) is 0 Å². The molecule has 1 rings (SSSR count). The van der Waals surface area contributed by atoms with Crippen LogP contribution in [0.2, 0.25) is 6.82 Å². The summed E-state index contributed by atoms with van der Waals surface area (Å²) in [6, 6.07) is 6.62. The van der Waals surface area contributed by atoms with Crippen LogP contribution < -0.4 is 5.46 Å². The third-order valence-corrected chi connectivity index (χ3v) is 1.88. The van der Waals surface area contributed by atoms with Gasteiger partial charge in [-0.2, -0.15) is 0 Å². The van der Waals surface area contributed by atoms with Crippen LogP contribution in [0.5, 0.6) is 0 Å². The first-order chi connectivity index (χ1) is 4.74. The van der Waals surface area contributed by atoms with E-state index in [1.54, 1.807) is 0 Å². The first-order valence-electron chi connectivity index (χ1n) is 3.80. The van der Waals surface area contributed by atoms with Gasteiger partial charge in [0, 0.05) is 0 Å². The van der Waals surface area contributed by atoms with Crippen LogP contribution in [0.25, 0.3) is 0 Å². The summed E-state index contributed by atoms with van der Waals surface area (Å²) in [7, 11) is 1.14. The molecule has 10 heavy (non-hydrogen) atoms. The first-order valence-corrected chi connectivity index (χ1v) is 3.80. The van der Waals surface area contributed by atoms with Crippen molar-refractivity contribution >= 4 is 12.7 Å². The highest BCUT2D eigenvalue weighted by atomic mass is 13.9. The van der Waals surface area contributed by atoms with E-state index in [-0.39, 0.29) is 0 Å². The fourth-order valence-corrected chi connectivity index (χ4v) is 1.24. The Labute approximate surface area is 63.5 Å². The van der Waals surface area contributed by atoms with Gasteiger partial charge in [-0.1, -0.05) is 41.6 Å². The SMILES string of the molecule is CBc1ccc(C)cc1C. The summed E-state index contributed by atoms with van der Waals surface area (Å²) in [6.07, 6.45) is 0. The molecular formula is C9H13B. The Morgan fingerprint density at radius 3 is 2.40 bits per heavy atom. The van der Waals surface area contributed by atoms with Gasteiger partial charge in [0.1, 0.15) is 0 Å². The average molecular weight is 132 g/mol. The molecule has 0 spiro atoms. The molecule has 0 aliphatic rings. The summed E-state index contributed by atoms with van der Waals surface area (Å²) < 4.78 is 0. The molecule has 0 aliphatic carbocycles. The van der Waals surface area contributed by atoms with Crippen molar-refractivity contribution in [2.24, 2.45) is 0 Å². The Balaban J connectivity index is 3.07. The van der Waals surface area contributed by atoms with E-state index >= 15 is 0 Å². The van der Waals surface area contributed by atoms with Crippen LogP contribution in [0, 0.1) is 13.8 Å². The predicted octanol–water partition coefficient (Wildman–Crippen LogP) is 1.41. The molecule has 0 amide bonds. The van der Waals surface area contributed by atoms with E-state index in [0.29, 0.717) is 0 Å². The fraction of sp³-hybridized carbons (Fsp3) is 0.333. The van der Waals surface area contributed by atoms with E-state index < -0.39 is 0 Å². The van der Waals surface area contributed by atoms with Gasteiger partial charge in [-0.05, 0) is 13.8 Å². The van der Waals surface area contributed by atoms with Crippen LogP contribution in [0.1, 0.15) is 11.1 Å². The van der Waals surface area contributed by atoms with Gasteiger partial charge in [0.05, 0.1) is 0 Å². The Bertz CT molecular complexity index is 228. The number of benzene rings is 1. The third kappa shape index (κ3) is 1.41. The lowest BCUT2D eigenvalue weighted by atomic mass is 9.71. The molecule has 0 radical (unpaired) electrons. The van der Waals surface area contributed by atoms with Gasteiger partial charge in [0.25, 0.3) is 0 Å². The molecule has 0 fully saturated rings. The van der Waals surface area contributed by atoms with E-state index in [4.69, 9.17) is 0 Å². The second-order valence-corrected chi connectivity index (χ2v) is 2.78. The molecule has 0 saturated carbocycles. The molecule has 0 heterocycles. The second kappa shape index (κ2) is 2.91. The lowest BCUT2D eigenvalue weighted by molar-refractivity contribution is 1.41. The molecule has 0 atom stereocenters. The maximum absolute atomic E-state index is 2.23. The number of hydrogen-bond acceptors (Lipinski definition) is 0. The summed E-state index contributed by atoms with van der Waals surface area (Å²) in [5.74, 6) is 0. The van der Waals surface area contributed by atoms with Gasteiger partial charge in [-0.3, -0.25) is 0 Å². The zero-order valence-electron chi connectivity index (χ0n) is 6.94. The Morgan fingerprint density at radius 2 is 1.90 bits per heavy atom. The van der Waals surface area contributed by atoms with E-state index in [2.05, 4.69) is 38.9 Å². The maximum Gasteiger partial charge on any atom is 0.154 e. The van der Waals surface area contributed by atoms with Crippen LogP contribution in [0.3, 0.4) is 0 Å². The van der Waals surface area contributed by atoms with Gasteiger partial charge in [0.2, 0.25) is 0 Å². The van der Waals surface area contributed by atoms with Gasteiger partial charge < -0.3 is 0 Å². The van der Waals surface area contributed by atoms with Gasteiger partial charge in [0.15, 0.2) is 7.28 Å². The predicted molar refractivity (Wildman–Crippen MR) is 48.6 cm³/mol. The highest BCUT2D eigenvalue weighted by Gasteiger charge is 1.94. The van der Waals surface area contributed by atoms with Crippen LogP contribution in [0.15, 0.2) is 18.2 Å². The largest absolute Gasteiger partial charge is 0.154 e. The molecule has 0 unspecified atom stereocenters. The van der Waals surface area contributed by atoms with Crippen molar-refractivity contribution < 1.29 is 0 Å². The zero-order valence-corrected chi connectivity index (χ0v) is 6.94. The van der Waals surface area contributed by atoms with E-state index in [1.165, 1.54) is 16.6 Å². The van der Waals surface area contributed by atoms with Crippen LogP contribution >= 0.6 is 0 Å². The van der Waals surface area contributed by atoms with Crippen LogP contribution in [0.4, 0.5) is 0 Å². The van der Waals surface area contributed by atoms with Crippen LogP contribution in [-0.4, -0.2) is 7.28 Å². The highest BCUT2D eigenvalue weighted by molar-refractivity contribution is 6.52. The molecule has 0 nitrogen and oxygen atoms in total. The van der Waals surface area contributed by atoms with Gasteiger partial charge >= 0.3 is 0 Å². The minimum absolute atomic E-state index is 1.14. The Morgan fingerprint density at radius 1 is 1.20 bits per heavy atom. The maximum atomic E-state index is 2.23. The highest BCUT2D eigenvalue weighted by Crippen LogP contribution is 1.98. The molecule has 0 N–H and O–H groups in total. The van der Waals surface area contributed by atoms with Gasteiger partial charge in [-0.25, -0.2) is 0 Å². The number of hydrogen-bond donors (Lipinski definition) is 0. The van der Waals surface area contributed by atoms with E-state index in [0.717, 1.165) is 7.28 Å². The monoisotopic (exact) mass is 132 g/mol. The first kappa shape index (κ1) is 7.39. The molecule has 0 saturated heterocycles. The standard InChI is InChI=1S/C9H13B/c1-7-4-5-9(10-3)8(2)6-7/h4-6,10H,1-3H3. The summed E-state index contributed by atoms with van der Waals surface area (Å²) in [6.45, 7) is 6.50. The summed E-state index contributed by atoms with van der Waals surface area (Å²) >= 11 is 0. The summed E-state index contributed by atoms with van der Waals surface area (Å²) in [5.41, 5.74) is 4.24. The Kier molecular flexibility index (Phi) is 2.15. The third-order valence-electron chi connectivity index (χ3n) is 1.88. The topological polar surface area (TPSA) is 0 Å². The van der Waals surface area contributed by atoms with Crippen molar-refractivity contribution in [3.05, 3.63) is 29.3 Å². The second-order valence-electron chi connectivity index (χ2n) is 2.78. The van der Waals surface area contributed by atoms with Crippen LogP contribution in [-0.2, 0) is 0 Å². The Hall–Kier alpha value is -0.715. The molecule has 0 aromatic heterocycles. The number of rotatable bonds is 1. The summed E-state index contributed by atoms with van der Waals surface area (Å²) in [5, 5.41) is 0. The van der Waals surface area contributed by atoms with Crippen molar-refractivity contribution in [2.75, 3.05) is 0 Å². The molecular weight excluding hydrogens is 119 g/mol. The zero-order chi connectivity index (χ0) is 7.56. The molecule has 1 heteroatoms. The van der Waals surface area contributed by atoms with Crippen molar-refractivity contribution in [3.8, 4) is 0 Å². The van der Waals surface area contributed by atoms with Gasteiger partial charge in [-0.15, -0.1) is 0 Å². The fourth-order valence-electron chi connectivity index (χ4n) is 1.24. The average Bonchev–Trinajstić information content (AvgIpc) is 1.88. The minimum Gasteiger partial charge on any atom is -0.0849 e. The number of aryl methyl sites for hydroxylation is 2. The van der Waals surface area contributed by atoms with Crippen molar-refractivity contribution in [2.45, 2.75) is 20.7 Å². The smallest absolute Gasteiger partial charge is 0.0849 e. The molecule has 52 valence electrons. The van der Waals surface area contributed by atoms with E-state index in [1.807, 2.05) is 0 Å². The molecule has 1 aromatic rings. The minimum atomic E-state index is 1.14. The quantitative estimate of drug-likeness (QED) is 0.507. The lowest BCUT2D eigenvalue weighted by Gasteiger charge is -2.01. The van der Waals surface area contributed by atoms with Crippen molar-refractivity contribution in [1.82, 2.24) is 0 Å². The van der Waals surface area contributed by atoms with E-state index in [9.17, 15) is 0 Å².